The SMILES string of the molecule is O=C(NC1CCCCCCC1)[C@H]1c2ccccc2C(=O)N1Cc1ccccc1. The lowest BCUT2D eigenvalue weighted by Crippen LogP contribution is -2.43. The maximum Gasteiger partial charge on any atom is 0.255 e. The maximum atomic E-state index is 13.3. The molecule has 4 rings (SSSR count). The summed E-state index contributed by atoms with van der Waals surface area (Å²) in [6, 6.07) is 17.1. The molecule has 1 saturated carbocycles. The van der Waals surface area contributed by atoms with Gasteiger partial charge in [-0.3, -0.25) is 9.59 Å². The Bertz CT molecular complexity index is 826. The van der Waals surface area contributed by atoms with Gasteiger partial charge in [-0.1, -0.05) is 80.6 Å². The molecule has 2 aromatic carbocycles. The molecule has 0 radical (unpaired) electrons. The van der Waals surface area contributed by atoms with Crippen molar-refractivity contribution in [1.82, 2.24) is 10.2 Å². The zero-order valence-electron chi connectivity index (χ0n) is 16.3. The first kappa shape index (κ1) is 18.7. The number of nitrogens with zero attached hydrogens (tertiary/aromatic N) is 1. The normalized spacial score (nSPS) is 20.4. The Kier molecular flexibility index (Phi) is 5.75. The van der Waals surface area contributed by atoms with Gasteiger partial charge in [0.05, 0.1) is 0 Å². The molecular weight excluding hydrogens is 348 g/mol. The van der Waals surface area contributed by atoms with Gasteiger partial charge in [-0.05, 0) is 30.0 Å². The lowest BCUT2D eigenvalue weighted by molar-refractivity contribution is -0.126. The van der Waals surface area contributed by atoms with Gasteiger partial charge in [-0.25, -0.2) is 0 Å². The second-order valence-corrected chi connectivity index (χ2v) is 7.96. The molecule has 1 N–H and O–H groups in total. The molecule has 1 fully saturated rings. The molecule has 0 bridgehead atoms. The van der Waals surface area contributed by atoms with Gasteiger partial charge >= 0.3 is 0 Å². The van der Waals surface area contributed by atoms with Crippen LogP contribution in [0.5, 0.6) is 0 Å². The van der Waals surface area contributed by atoms with E-state index in [1.807, 2.05) is 54.6 Å². The summed E-state index contributed by atoms with van der Waals surface area (Å²) in [5, 5.41) is 3.27. The van der Waals surface area contributed by atoms with Crippen molar-refractivity contribution in [2.24, 2.45) is 0 Å². The molecule has 1 aliphatic heterocycles. The summed E-state index contributed by atoms with van der Waals surface area (Å²) in [4.78, 5) is 28.1. The van der Waals surface area contributed by atoms with Gasteiger partial charge in [0.15, 0.2) is 0 Å². The van der Waals surface area contributed by atoms with Crippen molar-refractivity contribution in [2.45, 2.75) is 63.6 Å². The van der Waals surface area contributed by atoms with Crippen LogP contribution in [0.2, 0.25) is 0 Å². The summed E-state index contributed by atoms with van der Waals surface area (Å²) in [5.41, 5.74) is 2.51. The second-order valence-electron chi connectivity index (χ2n) is 7.96. The number of carbonyl (C=O) groups is 2. The quantitative estimate of drug-likeness (QED) is 0.847. The molecule has 0 spiro atoms. The Labute approximate surface area is 166 Å². The van der Waals surface area contributed by atoms with Gasteiger partial charge in [0.25, 0.3) is 5.91 Å². The molecular formula is C24H28N2O2. The minimum atomic E-state index is -0.547. The van der Waals surface area contributed by atoms with E-state index in [1.54, 1.807) is 4.90 Å². The number of nitrogens with one attached hydrogen (secondary N) is 1. The van der Waals surface area contributed by atoms with Crippen LogP contribution in [0.15, 0.2) is 54.6 Å². The van der Waals surface area contributed by atoms with Crippen LogP contribution >= 0.6 is 0 Å². The van der Waals surface area contributed by atoms with E-state index < -0.39 is 6.04 Å². The van der Waals surface area contributed by atoms with Crippen LogP contribution in [0.1, 0.15) is 72.5 Å². The average molecular weight is 377 g/mol. The summed E-state index contributed by atoms with van der Waals surface area (Å²) >= 11 is 0. The maximum absolute atomic E-state index is 13.3. The minimum absolute atomic E-state index is 0.0418. The highest BCUT2D eigenvalue weighted by molar-refractivity contribution is 6.04. The number of benzene rings is 2. The molecule has 2 amide bonds. The van der Waals surface area contributed by atoms with Crippen molar-refractivity contribution in [3.63, 3.8) is 0 Å². The van der Waals surface area contributed by atoms with Gasteiger partial charge in [-0.15, -0.1) is 0 Å². The number of amides is 2. The third-order valence-corrected chi connectivity index (χ3v) is 5.95. The molecule has 2 aromatic rings. The van der Waals surface area contributed by atoms with E-state index in [1.165, 1.54) is 32.1 Å². The fourth-order valence-corrected chi connectivity index (χ4v) is 4.48. The van der Waals surface area contributed by atoms with Gasteiger partial charge in [0.2, 0.25) is 5.91 Å². The summed E-state index contributed by atoms with van der Waals surface area (Å²) < 4.78 is 0. The van der Waals surface area contributed by atoms with Crippen LogP contribution in [0, 0.1) is 0 Å². The van der Waals surface area contributed by atoms with Crippen LogP contribution in [-0.2, 0) is 11.3 Å². The Balaban J connectivity index is 1.57. The zero-order valence-corrected chi connectivity index (χ0v) is 16.3. The van der Waals surface area contributed by atoms with Gasteiger partial charge < -0.3 is 10.2 Å². The molecule has 1 heterocycles. The highest BCUT2D eigenvalue weighted by atomic mass is 16.2. The highest BCUT2D eigenvalue weighted by Crippen LogP contribution is 2.35. The zero-order chi connectivity index (χ0) is 19.3. The van der Waals surface area contributed by atoms with E-state index >= 15 is 0 Å². The van der Waals surface area contributed by atoms with Crippen molar-refractivity contribution in [3.8, 4) is 0 Å². The van der Waals surface area contributed by atoms with Crippen molar-refractivity contribution < 1.29 is 9.59 Å². The number of hydrogen-bond acceptors (Lipinski definition) is 2. The van der Waals surface area contributed by atoms with E-state index in [0.717, 1.165) is 24.0 Å². The summed E-state index contributed by atoms with van der Waals surface area (Å²) in [6.07, 6.45) is 8.20. The largest absolute Gasteiger partial charge is 0.351 e. The van der Waals surface area contributed by atoms with E-state index in [-0.39, 0.29) is 17.9 Å². The molecule has 0 saturated heterocycles. The molecule has 0 unspecified atom stereocenters. The number of rotatable bonds is 4. The predicted molar refractivity (Wildman–Crippen MR) is 110 cm³/mol. The first-order valence-electron chi connectivity index (χ1n) is 10.5. The molecule has 146 valence electrons. The molecule has 2 aliphatic rings. The van der Waals surface area contributed by atoms with Crippen LogP contribution in [0.4, 0.5) is 0 Å². The van der Waals surface area contributed by atoms with Crippen molar-refractivity contribution in [3.05, 3.63) is 71.3 Å². The van der Waals surface area contributed by atoms with Crippen molar-refractivity contribution in [2.75, 3.05) is 0 Å². The first-order valence-corrected chi connectivity index (χ1v) is 10.5. The van der Waals surface area contributed by atoms with Crippen LogP contribution in [0.25, 0.3) is 0 Å². The lowest BCUT2D eigenvalue weighted by atomic mass is 9.96. The van der Waals surface area contributed by atoms with E-state index in [4.69, 9.17) is 0 Å². The predicted octanol–water partition coefficient (Wildman–Crippen LogP) is 4.61. The summed E-state index contributed by atoms with van der Waals surface area (Å²) in [6.45, 7) is 0.442. The van der Waals surface area contributed by atoms with E-state index in [0.29, 0.717) is 12.1 Å². The molecule has 1 aliphatic carbocycles. The number of fused-ring (bicyclic) bond motifs is 1. The van der Waals surface area contributed by atoms with E-state index in [2.05, 4.69) is 5.32 Å². The summed E-state index contributed by atoms with van der Waals surface area (Å²) in [5.74, 6) is -0.0999. The van der Waals surface area contributed by atoms with Crippen LogP contribution < -0.4 is 5.32 Å². The molecule has 0 aromatic heterocycles. The lowest BCUT2D eigenvalue weighted by Gasteiger charge is -2.28. The highest BCUT2D eigenvalue weighted by Gasteiger charge is 2.41. The average Bonchev–Trinajstić information content (AvgIpc) is 2.97. The second kappa shape index (κ2) is 8.59. The third-order valence-electron chi connectivity index (χ3n) is 5.95. The Morgan fingerprint density at radius 1 is 0.893 bits per heavy atom. The van der Waals surface area contributed by atoms with Gasteiger partial charge in [0.1, 0.15) is 6.04 Å². The topological polar surface area (TPSA) is 49.4 Å². The van der Waals surface area contributed by atoms with Crippen molar-refractivity contribution >= 4 is 11.8 Å². The Morgan fingerprint density at radius 3 is 2.29 bits per heavy atom. The monoisotopic (exact) mass is 376 g/mol. The fraction of sp³-hybridized carbons (Fsp3) is 0.417. The van der Waals surface area contributed by atoms with Crippen LogP contribution in [0.3, 0.4) is 0 Å². The molecule has 1 atom stereocenters. The first-order chi connectivity index (χ1) is 13.7. The van der Waals surface area contributed by atoms with Crippen LogP contribution in [-0.4, -0.2) is 22.8 Å². The standard InChI is InChI=1S/C24H28N2O2/c27-23(25-19-13-7-2-1-3-8-14-19)22-20-15-9-10-16-21(20)24(28)26(22)17-18-11-5-4-6-12-18/h4-6,9-12,15-16,19,22H,1-3,7-8,13-14,17H2,(H,25,27)/t22-/m1/s1. The third kappa shape index (κ3) is 3.96. The smallest absolute Gasteiger partial charge is 0.255 e. The van der Waals surface area contributed by atoms with Crippen molar-refractivity contribution in [1.29, 1.82) is 0 Å². The Hall–Kier alpha value is -2.62. The number of carbonyl (C=O) groups excluding carboxylic acids is 2. The fourth-order valence-electron chi connectivity index (χ4n) is 4.48. The van der Waals surface area contributed by atoms with E-state index in [9.17, 15) is 9.59 Å². The molecule has 4 nitrogen and oxygen atoms in total. The molecule has 28 heavy (non-hydrogen) atoms. The number of hydrogen-bond donors (Lipinski definition) is 1. The minimum Gasteiger partial charge on any atom is -0.351 e. The Morgan fingerprint density at radius 2 is 1.54 bits per heavy atom. The molecule has 4 heteroatoms. The summed E-state index contributed by atoms with van der Waals surface area (Å²) in [7, 11) is 0. The van der Waals surface area contributed by atoms with Gasteiger partial charge in [-0.2, -0.15) is 0 Å². The van der Waals surface area contributed by atoms with Gasteiger partial charge in [0, 0.05) is 18.2 Å².